The van der Waals surface area contributed by atoms with Gasteiger partial charge in [-0.2, -0.15) is 0 Å². The fourth-order valence-electron chi connectivity index (χ4n) is 10.4. The highest BCUT2D eigenvalue weighted by atomic mass is 16.8. The molecule has 21 atom stereocenters. The number of hydrogen-bond acceptors (Lipinski definition) is 22. The standard InChI is InChI=1S/C42H68O22/c43-14-26-30(49)33(52)36(55)40(61-26)59-24-12-21(47)11-23-22(24)13-25(38(58-23)18-4-8-20(46)9-5-18)60-42-39(64-41-37(56)34(53)31(50)27(15-44)62-41)35(54)32(51)28(63-42)16-57-29(48)10-3-17-1-6-19(45)7-2-17/h3,10,17-28,30-47,49-56H,1-2,4-9,11-16H2/t17?,18?,19?,20?,21?,22?,23?,24?,25?,26-,27-,28-,30-,31-,32-,33+,34+,35+,36-,37-,38?,39-,40-,41+,42-/m1/s1. The molecule has 3 aliphatic carbocycles. The third-order valence-electron chi connectivity index (χ3n) is 14.3. The minimum atomic E-state index is -1.92. The molecule has 13 N–H and O–H groups in total. The monoisotopic (exact) mass is 924 g/mol. The third kappa shape index (κ3) is 11.5. The summed E-state index contributed by atoms with van der Waals surface area (Å²) < 4.78 is 48.7. The molecule has 4 heterocycles. The number of hydrogen-bond donors (Lipinski definition) is 13. The van der Waals surface area contributed by atoms with E-state index >= 15 is 0 Å². The molecule has 0 radical (unpaired) electrons. The van der Waals surface area contributed by atoms with E-state index in [9.17, 15) is 71.2 Å². The highest BCUT2D eigenvalue weighted by Crippen LogP contribution is 2.45. The second-order valence-electron chi connectivity index (χ2n) is 18.7. The number of aliphatic hydroxyl groups excluding tert-OH is 13. The number of carbonyl (C=O) groups excluding carboxylic acids is 1. The summed E-state index contributed by atoms with van der Waals surface area (Å²) in [6.07, 6.45) is -22.5. The quantitative estimate of drug-likeness (QED) is 0.0610. The van der Waals surface area contributed by atoms with Gasteiger partial charge in [0.2, 0.25) is 0 Å². The lowest BCUT2D eigenvalue weighted by Gasteiger charge is -2.52. The van der Waals surface area contributed by atoms with Crippen LogP contribution in [0.5, 0.6) is 0 Å². The first-order chi connectivity index (χ1) is 30.6. The Kier molecular flexibility index (Phi) is 17.5. The second kappa shape index (κ2) is 22.2. The number of fused-ring (bicyclic) bond motifs is 1. The molecular weight excluding hydrogens is 856 g/mol. The van der Waals surface area contributed by atoms with E-state index < -0.39 is 160 Å². The van der Waals surface area contributed by atoms with E-state index in [2.05, 4.69) is 0 Å². The molecule has 7 aliphatic rings. The average Bonchev–Trinajstić information content (AvgIpc) is 3.28. The predicted molar refractivity (Wildman–Crippen MR) is 211 cm³/mol. The van der Waals surface area contributed by atoms with Crippen molar-refractivity contribution in [2.75, 3.05) is 19.8 Å². The van der Waals surface area contributed by atoms with Crippen LogP contribution < -0.4 is 0 Å². The zero-order valence-corrected chi connectivity index (χ0v) is 35.5. The first kappa shape index (κ1) is 50.3. The molecule has 0 aromatic carbocycles. The third-order valence-corrected chi connectivity index (χ3v) is 14.3. The van der Waals surface area contributed by atoms with E-state index in [1.807, 2.05) is 0 Å². The molecule has 0 aromatic rings. The molecule has 4 aliphatic heterocycles. The Morgan fingerprint density at radius 1 is 0.516 bits per heavy atom. The molecule has 7 fully saturated rings. The number of esters is 1. The van der Waals surface area contributed by atoms with Crippen LogP contribution in [0.3, 0.4) is 0 Å². The van der Waals surface area contributed by atoms with Crippen LogP contribution in [0.2, 0.25) is 0 Å². The summed E-state index contributed by atoms with van der Waals surface area (Å²) in [5.41, 5.74) is 0. The van der Waals surface area contributed by atoms with Crippen molar-refractivity contribution in [3.63, 3.8) is 0 Å². The molecule has 4 saturated heterocycles. The topological polar surface area (TPSA) is 354 Å². The molecule has 368 valence electrons. The van der Waals surface area contributed by atoms with Gasteiger partial charge >= 0.3 is 5.97 Å². The first-order valence-electron chi connectivity index (χ1n) is 22.7. The van der Waals surface area contributed by atoms with Crippen LogP contribution in [-0.2, 0) is 42.7 Å². The van der Waals surface area contributed by atoms with Crippen LogP contribution >= 0.6 is 0 Å². The van der Waals surface area contributed by atoms with Gasteiger partial charge in [-0.05, 0) is 76.0 Å². The zero-order chi connectivity index (χ0) is 46.0. The van der Waals surface area contributed by atoms with Gasteiger partial charge in [0.25, 0.3) is 0 Å². The molecule has 22 heteroatoms. The van der Waals surface area contributed by atoms with Crippen molar-refractivity contribution < 1.29 is 109 Å². The van der Waals surface area contributed by atoms with Crippen molar-refractivity contribution in [1.29, 1.82) is 0 Å². The fourth-order valence-corrected chi connectivity index (χ4v) is 10.4. The van der Waals surface area contributed by atoms with E-state index in [-0.39, 0.29) is 37.2 Å². The maximum absolute atomic E-state index is 12.9. The molecular formula is C42H68O22. The van der Waals surface area contributed by atoms with Crippen LogP contribution in [0, 0.1) is 17.8 Å². The number of allylic oxidation sites excluding steroid dienone is 1. The van der Waals surface area contributed by atoms with Crippen molar-refractivity contribution in [1.82, 2.24) is 0 Å². The molecule has 22 nitrogen and oxygen atoms in total. The van der Waals surface area contributed by atoms with E-state index in [0.717, 1.165) is 0 Å². The minimum Gasteiger partial charge on any atom is -0.460 e. The molecule has 0 spiro atoms. The zero-order valence-electron chi connectivity index (χ0n) is 35.5. The van der Waals surface area contributed by atoms with Gasteiger partial charge in [0.15, 0.2) is 18.9 Å². The molecule has 7 rings (SSSR count). The van der Waals surface area contributed by atoms with Gasteiger partial charge in [-0.25, -0.2) is 4.79 Å². The van der Waals surface area contributed by atoms with Crippen molar-refractivity contribution >= 4 is 5.97 Å². The van der Waals surface area contributed by atoms with Gasteiger partial charge in [0.1, 0.15) is 79.9 Å². The second-order valence-corrected chi connectivity index (χ2v) is 18.7. The first-order valence-corrected chi connectivity index (χ1v) is 22.7. The van der Waals surface area contributed by atoms with Crippen molar-refractivity contribution in [2.45, 2.75) is 205 Å². The van der Waals surface area contributed by atoms with Crippen molar-refractivity contribution in [3.05, 3.63) is 12.2 Å². The van der Waals surface area contributed by atoms with Crippen LogP contribution in [0.4, 0.5) is 0 Å². The lowest BCUT2D eigenvalue weighted by atomic mass is 9.73. The van der Waals surface area contributed by atoms with Gasteiger partial charge in [0.05, 0.1) is 55.9 Å². The Balaban J connectivity index is 1.14. The highest BCUT2D eigenvalue weighted by molar-refractivity contribution is 5.81. The SMILES string of the molecule is O=C(C=CC1CCC(O)CC1)OC[C@H]1O[C@@H](OC2CC3C(CC(O)CC3O[C@@H]3O[C@H](CO)[C@@H](O)[C@H](O)[C@H]3O)OC2C2CCC(O)CC2)[C@H](O[C@@H]2O[C@H](CO)[C@@H](O)[C@H](O)[C@H]2O)[C@@H](O)[C@@H]1O. The predicted octanol–water partition coefficient (Wildman–Crippen LogP) is -4.68. The lowest BCUT2D eigenvalue weighted by molar-refractivity contribution is -0.380. The van der Waals surface area contributed by atoms with Crippen LogP contribution in [0.15, 0.2) is 12.2 Å². The number of aliphatic hydroxyl groups is 13. The summed E-state index contributed by atoms with van der Waals surface area (Å²) in [7, 11) is 0. The Labute approximate surface area is 369 Å². The average molecular weight is 925 g/mol. The highest BCUT2D eigenvalue weighted by Gasteiger charge is 2.56. The minimum absolute atomic E-state index is 0.0187. The van der Waals surface area contributed by atoms with E-state index in [0.29, 0.717) is 51.4 Å². The maximum Gasteiger partial charge on any atom is 0.330 e. The lowest BCUT2D eigenvalue weighted by Crippen LogP contribution is -2.66. The van der Waals surface area contributed by atoms with Crippen molar-refractivity contribution in [3.8, 4) is 0 Å². The Bertz CT molecular complexity index is 1490. The van der Waals surface area contributed by atoms with Gasteiger partial charge in [-0.1, -0.05) is 6.08 Å². The maximum atomic E-state index is 12.9. The summed E-state index contributed by atoms with van der Waals surface area (Å²) in [6.45, 7) is -2.05. The number of carbonyl (C=O) groups is 1. The van der Waals surface area contributed by atoms with Crippen LogP contribution in [-0.4, -0.2) is 227 Å². The smallest absolute Gasteiger partial charge is 0.330 e. The molecule has 6 unspecified atom stereocenters. The van der Waals surface area contributed by atoms with E-state index in [1.54, 1.807) is 6.08 Å². The van der Waals surface area contributed by atoms with E-state index in [4.69, 9.17) is 37.9 Å². The Morgan fingerprint density at radius 3 is 1.64 bits per heavy atom. The summed E-state index contributed by atoms with van der Waals surface area (Å²) >= 11 is 0. The Hall–Kier alpha value is -1.59. The summed E-state index contributed by atoms with van der Waals surface area (Å²) in [5.74, 6) is -1.52. The normalized spacial score (nSPS) is 50.5. The fraction of sp³-hybridized carbons (Fsp3) is 0.929. The van der Waals surface area contributed by atoms with Crippen LogP contribution in [0.1, 0.15) is 70.6 Å². The molecule has 3 saturated carbocycles. The van der Waals surface area contributed by atoms with Gasteiger partial charge in [-0.3, -0.25) is 0 Å². The van der Waals surface area contributed by atoms with E-state index in [1.165, 1.54) is 6.08 Å². The number of rotatable bonds is 13. The van der Waals surface area contributed by atoms with Crippen LogP contribution in [0.25, 0.3) is 0 Å². The largest absolute Gasteiger partial charge is 0.460 e. The molecule has 0 amide bonds. The van der Waals surface area contributed by atoms with Gasteiger partial charge in [0, 0.05) is 18.4 Å². The van der Waals surface area contributed by atoms with Crippen molar-refractivity contribution in [2.24, 2.45) is 17.8 Å². The summed E-state index contributed by atoms with van der Waals surface area (Å²) in [5, 5.41) is 138. The molecule has 0 bridgehead atoms. The summed E-state index contributed by atoms with van der Waals surface area (Å²) in [4.78, 5) is 12.9. The van der Waals surface area contributed by atoms with Gasteiger partial charge < -0.3 is 104 Å². The number of ether oxygens (including phenoxy) is 8. The summed E-state index contributed by atoms with van der Waals surface area (Å²) in [6, 6.07) is 0. The van der Waals surface area contributed by atoms with Gasteiger partial charge in [-0.15, -0.1) is 0 Å². The molecule has 0 aromatic heterocycles. The molecule has 64 heavy (non-hydrogen) atoms. The Morgan fingerprint density at radius 2 is 1.05 bits per heavy atom.